The molecule has 0 saturated heterocycles. The van der Waals surface area contributed by atoms with E-state index < -0.39 is 0 Å². The van der Waals surface area contributed by atoms with Crippen LogP contribution in [0, 0.1) is 0 Å². The topological polar surface area (TPSA) is 46.9 Å². The number of anilines is 1. The van der Waals surface area contributed by atoms with E-state index in [0.29, 0.717) is 10.8 Å². The van der Waals surface area contributed by atoms with Gasteiger partial charge in [0.15, 0.2) is 0 Å². The molecule has 1 aliphatic rings. The first-order chi connectivity index (χ1) is 14.2. The largest absolute Gasteiger partial charge is 0.310 e. The number of thiophene rings is 1. The van der Waals surface area contributed by atoms with Crippen LogP contribution in [-0.4, -0.2) is 21.4 Å². The zero-order valence-corrected chi connectivity index (χ0v) is 17.6. The van der Waals surface area contributed by atoms with Gasteiger partial charge in [-0.3, -0.25) is 4.79 Å². The van der Waals surface area contributed by atoms with E-state index >= 15 is 0 Å². The number of amides is 1. The Hall–Kier alpha value is -2.54. The van der Waals surface area contributed by atoms with Crippen LogP contribution in [0.5, 0.6) is 0 Å². The Kier molecular flexibility index (Phi) is 4.91. The van der Waals surface area contributed by atoms with E-state index in [-0.39, 0.29) is 11.2 Å². The third-order valence-corrected chi connectivity index (χ3v) is 7.01. The monoisotopic (exact) mass is 437 g/mol. The Morgan fingerprint density at radius 3 is 2.59 bits per heavy atom. The van der Waals surface area contributed by atoms with E-state index in [4.69, 9.17) is 16.7 Å². The summed E-state index contributed by atoms with van der Waals surface area (Å²) in [4.78, 5) is 12.5. The van der Waals surface area contributed by atoms with Gasteiger partial charge in [-0.25, -0.2) is 4.68 Å². The van der Waals surface area contributed by atoms with Crippen LogP contribution in [0.4, 0.5) is 5.82 Å². The Balaban J connectivity index is 1.79. The molecule has 0 bridgehead atoms. The minimum absolute atomic E-state index is 0.0124. The number of benzene rings is 2. The molecule has 1 aliphatic heterocycles. The molecule has 3 heterocycles. The maximum absolute atomic E-state index is 12.5. The average molecular weight is 438 g/mol. The zero-order chi connectivity index (χ0) is 19.8. The Labute approximate surface area is 181 Å². The predicted molar refractivity (Wildman–Crippen MR) is 121 cm³/mol. The van der Waals surface area contributed by atoms with Crippen molar-refractivity contribution in [1.82, 2.24) is 9.78 Å². The lowest BCUT2D eigenvalue weighted by atomic mass is 10.0. The number of carbonyl (C=O) groups excluding carboxylic acids is 1. The molecule has 1 N–H and O–H groups in total. The van der Waals surface area contributed by atoms with Crippen molar-refractivity contribution in [1.29, 1.82) is 0 Å². The summed E-state index contributed by atoms with van der Waals surface area (Å²) in [6.45, 7) is 0. The van der Waals surface area contributed by atoms with Crippen molar-refractivity contribution in [2.45, 2.75) is 5.25 Å². The van der Waals surface area contributed by atoms with Gasteiger partial charge in [0.25, 0.3) is 0 Å². The predicted octanol–water partition coefficient (Wildman–Crippen LogP) is 6.03. The van der Waals surface area contributed by atoms with Crippen LogP contribution in [0.3, 0.4) is 0 Å². The number of nitrogens with one attached hydrogen (secondary N) is 1. The number of halogens is 1. The highest BCUT2D eigenvalue weighted by molar-refractivity contribution is 8.00. The third-order valence-electron chi connectivity index (χ3n) is 4.79. The van der Waals surface area contributed by atoms with Crippen LogP contribution in [0.1, 0.15) is 16.4 Å². The van der Waals surface area contributed by atoms with Crippen LogP contribution in [0.2, 0.25) is 5.02 Å². The minimum atomic E-state index is -0.0197. The number of fused-ring (bicyclic) bond motifs is 1. The van der Waals surface area contributed by atoms with E-state index in [1.165, 1.54) is 5.56 Å². The van der Waals surface area contributed by atoms with E-state index in [1.54, 1.807) is 23.1 Å². The SMILES string of the molecule is O=C1CSC(c2ccsc2)c2c(-c3ccc(Cl)cc3)nn(-c3ccccc3)c2N1. The molecular formula is C22H16ClN3OS2. The van der Waals surface area contributed by atoms with Crippen molar-refractivity contribution in [3.63, 3.8) is 0 Å². The highest BCUT2D eigenvalue weighted by Gasteiger charge is 2.32. The van der Waals surface area contributed by atoms with Gasteiger partial charge in [0.2, 0.25) is 5.91 Å². The molecule has 29 heavy (non-hydrogen) atoms. The van der Waals surface area contributed by atoms with Gasteiger partial charge in [-0.2, -0.15) is 16.4 Å². The standard InChI is InChI=1S/C22H16ClN3OS2/c23-16-8-6-14(7-9-16)20-19-21(15-10-11-28-12-15)29-13-18(27)24-22(19)26(25-20)17-4-2-1-3-5-17/h1-12,21H,13H2,(H,24,27). The molecule has 144 valence electrons. The maximum atomic E-state index is 12.5. The molecule has 0 fully saturated rings. The summed E-state index contributed by atoms with van der Waals surface area (Å²) < 4.78 is 1.84. The summed E-state index contributed by atoms with van der Waals surface area (Å²) in [7, 11) is 0. The van der Waals surface area contributed by atoms with Crippen molar-refractivity contribution in [3.05, 3.63) is 87.6 Å². The van der Waals surface area contributed by atoms with Gasteiger partial charge in [-0.05, 0) is 46.7 Å². The second kappa shape index (κ2) is 7.71. The summed E-state index contributed by atoms with van der Waals surface area (Å²) in [6, 6.07) is 19.7. The molecular weight excluding hydrogens is 422 g/mol. The van der Waals surface area contributed by atoms with Crippen LogP contribution in [0.25, 0.3) is 16.9 Å². The average Bonchev–Trinajstić information content (AvgIpc) is 3.36. The summed E-state index contributed by atoms with van der Waals surface area (Å²) in [6.07, 6.45) is 0. The quantitative estimate of drug-likeness (QED) is 0.425. The smallest absolute Gasteiger partial charge is 0.235 e. The third kappa shape index (κ3) is 3.48. The van der Waals surface area contributed by atoms with Crippen LogP contribution < -0.4 is 5.32 Å². The van der Waals surface area contributed by atoms with Crippen molar-refractivity contribution >= 4 is 46.4 Å². The molecule has 1 atom stereocenters. The highest BCUT2D eigenvalue weighted by Crippen LogP contribution is 2.47. The van der Waals surface area contributed by atoms with Crippen molar-refractivity contribution < 1.29 is 4.79 Å². The van der Waals surface area contributed by atoms with Gasteiger partial charge < -0.3 is 5.32 Å². The molecule has 0 saturated carbocycles. The van der Waals surface area contributed by atoms with Crippen LogP contribution >= 0.6 is 34.7 Å². The fourth-order valence-electron chi connectivity index (χ4n) is 3.47. The first kappa shape index (κ1) is 18.5. The molecule has 1 unspecified atom stereocenters. The molecule has 4 nitrogen and oxygen atoms in total. The molecule has 0 spiro atoms. The van der Waals surface area contributed by atoms with E-state index in [2.05, 4.69) is 22.1 Å². The Morgan fingerprint density at radius 1 is 1.07 bits per heavy atom. The molecule has 1 amide bonds. The highest BCUT2D eigenvalue weighted by atomic mass is 35.5. The lowest BCUT2D eigenvalue weighted by molar-refractivity contribution is -0.113. The molecule has 0 aliphatic carbocycles. The normalized spacial score (nSPS) is 16.2. The van der Waals surface area contributed by atoms with E-state index in [1.807, 2.05) is 59.3 Å². The van der Waals surface area contributed by atoms with Crippen molar-refractivity contribution in [3.8, 4) is 16.9 Å². The van der Waals surface area contributed by atoms with Gasteiger partial charge >= 0.3 is 0 Å². The first-order valence-corrected chi connectivity index (χ1v) is 11.5. The number of thioether (sulfide) groups is 1. The van der Waals surface area contributed by atoms with Gasteiger partial charge in [-0.1, -0.05) is 41.9 Å². The van der Waals surface area contributed by atoms with Gasteiger partial charge in [0.05, 0.1) is 22.4 Å². The molecule has 2 aromatic carbocycles. The van der Waals surface area contributed by atoms with Gasteiger partial charge in [0, 0.05) is 16.1 Å². The molecule has 5 rings (SSSR count). The summed E-state index contributed by atoms with van der Waals surface area (Å²) in [5.41, 5.74) is 4.93. The first-order valence-electron chi connectivity index (χ1n) is 9.08. The molecule has 2 aromatic heterocycles. The fraction of sp³-hybridized carbons (Fsp3) is 0.0909. The number of carbonyl (C=O) groups is 1. The number of para-hydroxylation sites is 1. The van der Waals surface area contributed by atoms with Crippen LogP contribution in [0.15, 0.2) is 71.4 Å². The number of nitrogens with zero attached hydrogens (tertiary/aromatic N) is 2. The second-order valence-corrected chi connectivity index (χ2v) is 8.97. The number of hydrogen-bond acceptors (Lipinski definition) is 4. The maximum Gasteiger partial charge on any atom is 0.235 e. The molecule has 7 heteroatoms. The fourth-order valence-corrected chi connectivity index (χ4v) is 5.49. The lowest BCUT2D eigenvalue weighted by Gasteiger charge is -2.14. The van der Waals surface area contributed by atoms with E-state index in [0.717, 1.165) is 28.3 Å². The van der Waals surface area contributed by atoms with Crippen LogP contribution in [-0.2, 0) is 4.79 Å². The summed E-state index contributed by atoms with van der Waals surface area (Å²) in [5.74, 6) is 1.10. The Morgan fingerprint density at radius 2 is 1.86 bits per heavy atom. The summed E-state index contributed by atoms with van der Waals surface area (Å²) >= 11 is 9.40. The summed E-state index contributed by atoms with van der Waals surface area (Å²) in [5, 5.41) is 13.0. The van der Waals surface area contributed by atoms with Gasteiger partial charge in [-0.15, -0.1) is 11.8 Å². The number of aromatic nitrogens is 2. The lowest BCUT2D eigenvalue weighted by Crippen LogP contribution is -2.15. The van der Waals surface area contributed by atoms with Crippen molar-refractivity contribution in [2.24, 2.45) is 0 Å². The van der Waals surface area contributed by atoms with Crippen molar-refractivity contribution in [2.75, 3.05) is 11.1 Å². The molecule has 0 radical (unpaired) electrons. The second-order valence-electron chi connectivity index (χ2n) is 6.66. The number of rotatable bonds is 3. The molecule has 4 aromatic rings. The zero-order valence-electron chi connectivity index (χ0n) is 15.2. The number of hydrogen-bond donors (Lipinski definition) is 1. The Bertz CT molecular complexity index is 1160. The van der Waals surface area contributed by atoms with Gasteiger partial charge in [0.1, 0.15) is 5.82 Å². The minimum Gasteiger partial charge on any atom is -0.310 e. The van der Waals surface area contributed by atoms with E-state index in [9.17, 15) is 4.79 Å².